The molecule has 1 rings (SSSR count). The molecule has 0 aliphatic carbocycles. The summed E-state index contributed by atoms with van der Waals surface area (Å²) in [6.07, 6.45) is 1.29. The Labute approximate surface area is 90.9 Å². The van der Waals surface area contributed by atoms with Gasteiger partial charge in [-0.15, -0.1) is 0 Å². The van der Waals surface area contributed by atoms with Gasteiger partial charge < -0.3 is 9.84 Å². The molecule has 4 nitrogen and oxygen atoms in total. The van der Waals surface area contributed by atoms with Crippen molar-refractivity contribution in [2.75, 3.05) is 7.11 Å². The van der Waals surface area contributed by atoms with E-state index in [9.17, 15) is 5.11 Å². The van der Waals surface area contributed by atoms with Crippen LogP contribution in [-0.4, -0.2) is 28.1 Å². The Hall–Kier alpha value is -1.03. The monoisotopic (exact) mass is 212 g/mol. The summed E-state index contributed by atoms with van der Waals surface area (Å²) in [6, 6.07) is 0.269. The van der Waals surface area contributed by atoms with Gasteiger partial charge in [0.25, 0.3) is 0 Å². The number of aliphatic hydroxyl groups is 1. The molecule has 86 valence electrons. The van der Waals surface area contributed by atoms with Gasteiger partial charge in [-0.05, 0) is 20.8 Å². The fourth-order valence-electron chi connectivity index (χ4n) is 1.59. The Kier molecular flexibility index (Phi) is 3.74. The maximum absolute atomic E-state index is 9.62. The van der Waals surface area contributed by atoms with Gasteiger partial charge in [-0.25, -0.2) is 0 Å². The van der Waals surface area contributed by atoms with E-state index in [0.717, 1.165) is 11.4 Å². The van der Waals surface area contributed by atoms with Crippen LogP contribution in [0.3, 0.4) is 0 Å². The largest absolute Gasteiger partial charge is 0.493 e. The van der Waals surface area contributed by atoms with Crippen molar-refractivity contribution in [2.45, 2.75) is 45.8 Å². The van der Waals surface area contributed by atoms with E-state index >= 15 is 0 Å². The third-order valence-corrected chi connectivity index (χ3v) is 2.66. The Morgan fingerprint density at radius 2 is 1.93 bits per heavy atom. The van der Waals surface area contributed by atoms with Crippen molar-refractivity contribution in [1.29, 1.82) is 0 Å². The summed E-state index contributed by atoms with van der Waals surface area (Å²) >= 11 is 0. The maximum atomic E-state index is 9.62. The van der Waals surface area contributed by atoms with Crippen LogP contribution in [0.4, 0.5) is 0 Å². The highest BCUT2D eigenvalue weighted by atomic mass is 16.5. The van der Waals surface area contributed by atoms with Crippen molar-refractivity contribution in [1.82, 2.24) is 9.78 Å². The van der Waals surface area contributed by atoms with Crippen LogP contribution in [0.25, 0.3) is 0 Å². The van der Waals surface area contributed by atoms with Crippen LogP contribution in [0.2, 0.25) is 0 Å². The van der Waals surface area contributed by atoms with E-state index in [4.69, 9.17) is 4.74 Å². The molecule has 4 heteroatoms. The SMILES string of the molecule is COc1cnn(C(C)C)c1C(C)C(C)O. The molecule has 0 saturated carbocycles. The normalized spacial score (nSPS) is 15.4. The summed E-state index contributed by atoms with van der Waals surface area (Å²) in [4.78, 5) is 0. The van der Waals surface area contributed by atoms with Crippen LogP contribution >= 0.6 is 0 Å². The predicted octanol–water partition coefficient (Wildman–Crippen LogP) is 1.96. The number of hydrogen-bond acceptors (Lipinski definition) is 3. The number of methoxy groups -OCH3 is 1. The summed E-state index contributed by atoms with van der Waals surface area (Å²) in [6.45, 7) is 7.88. The molecule has 2 atom stereocenters. The predicted molar refractivity (Wildman–Crippen MR) is 59.3 cm³/mol. The average Bonchev–Trinajstić information content (AvgIpc) is 2.59. The molecule has 1 N–H and O–H groups in total. The van der Waals surface area contributed by atoms with Crippen LogP contribution in [0.1, 0.15) is 45.3 Å². The van der Waals surface area contributed by atoms with Crippen molar-refractivity contribution in [2.24, 2.45) is 0 Å². The Morgan fingerprint density at radius 3 is 2.33 bits per heavy atom. The number of nitrogens with zero attached hydrogens (tertiary/aromatic N) is 2. The minimum atomic E-state index is -0.409. The molecule has 2 unspecified atom stereocenters. The zero-order valence-electron chi connectivity index (χ0n) is 10.1. The number of ether oxygens (including phenoxy) is 1. The first-order valence-electron chi connectivity index (χ1n) is 5.28. The molecule has 0 aliphatic rings. The van der Waals surface area contributed by atoms with Crippen LogP contribution in [0.5, 0.6) is 5.75 Å². The first-order chi connectivity index (χ1) is 6.99. The van der Waals surface area contributed by atoms with Crippen molar-refractivity contribution >= 4 is 0 Å². The lowest BCUT2D eigenvalue weighted by Crippen LogP contribution is -2.18. The Balaban J connectivity index is 3.15. The van der Waals surface area contributed by atoms with Gasteiger partial charge in [-0.3, -0.25) is 4.68 Å². The highest BCUT2D eigenvalue weighted by molar-refractivity contribution is 5.29. The number of aromatic nitrogens is 2. The van der Waals surface area contributed by atoms with Crippen LogP contribution in [0.15, 0.2) is 6.20 Å². The molecule has 0 bridgehead atoms. The summed E-state index contributed by atoms with van der Waals surface area (Å²) in [5.41, 5.74) is 0.961. The minimum absolute atomic E-state index is 0.0184. The second-order valence-corrected chi connectivity index (χ2v) is 4.17. The van der Waals surface area contributed by atoms with Gasteiger partial charge in [0.15, 0.2) is 5.75 Å². The lowest BCUT2D eigenvalue weighted by atomic mass is 10.0. The van der Waals surface area contributed by atoms with Crippen molar-refractivity contribution < 1.29 is 9.84 Å². The third kappa shape index (κ3) is 2.31. The highest BCUT2D eigenvalue weighted by Gasteiger charge is 2.22. The second-order valence-electron chi connectivity index (χ2n) is 4.17. The molecule has 0 fully saturated rings. The van der Waals surface area contributed by atoms with Crippen LogP contribution in [-0.2, 0) is 0 Å². The molecule has 1 aromatic rings. The molecule has 1 heterocycles. The van der Waals surface area contributed by atoms with Gasteiger partial charge in [0.2, 0.25) is 0 Å². The third-order valence-electron chi connectivity index (χ3n) is 2.66. The molecular formula is C11H20N2O2. The second kappa shape index (κ2) is 4.66. The molecule has 0 aliphatic heterocycles. The van der Waals surface area contributed by atoms with Crippen LogP contribution in [0, 0.1) is 0 Å². The first-order valence-corrected chi connectivity index (χ1v) is 5.28. The van der Waals surface area contributed by atoms with E-state index in [2.05, 4.69) is 18.9 Å². The zero-order chi connectivity index (χ0) is 11.6. The van der Waals surface area contributed by atoms with E-state index < -0.39 is 6.10 Å². The van der Waals surface area contributed by atoms with Gasteiger partial charge >= 0.3 is 0 Å². The van der Waals surface area contributed by atoms with Gasteiger partial charge in [-0.1, -0.05) is 6.92 Å². The summed E-state index contributed by atoms with van der Waals surface area (Å²) < 4.78 is 7.15. The van der Waals surface area contributed by atoms with Crippen molar-refractivity contribution in [3.8, 4) is 5.75 Å². The van der Waals surface area contributed by atoms with Crippen LogP contribution < -0.4 is 4.74 Å². The van der Waals surface area contributed by atoms with E-state index in [1.54, 1.807) is 20.2 Å². The topological polar surface area (TPSA) is 47.3 Å². The van der Waals surface area contributed by atoms with Gasteiger partial charge in [0.1, 0.15) is 0 Å². The smallest absolute Gasteiger partial charge is 0.160 e. The van der Waals surface area contributed by atoms with Gasteiger partial charge in [0.05, 0.1) is 25.1 Å². The van der Waals surface area contributed by atoms with Gasteiger partial charge in [0, 0.05) is 12.0 Å². The van der Waals surface area contributed by atoms with E-state index in [0.29, 0.717) is 0 Å². The molecule has 0 aromatic carbocycles. The van der Waals surface area contributed by atoms with E-state index in [1.807, 2.05) is 11.6 Å². The molecule has 0 amide bonds. The molecule has 1 aromatic heterocycles. The zero-order valence-corrected chi connectivity index (χ0v) is 10.1. The standard InChI is InChI=1S/C11H20N2O2/c1-7(2)13-11(8(3)9(4)14)10(15-5)6-12-13/h6-9,14H,1-5H3. The number of aliphatic hydroxyl groups excluding tert-OH is 1. The maximum Gasteiger partial charge on any atom is 0.160 e. The summed E-state index contributed by atoms with van der Waals surface area (Å²) in [5, 5.41) is 13.9. The average molecular weight is 212 g/mol. The van der Waals surface area contributed by atoms with E-state index in [-0.39, 0.29) is 12.0 Å². The lowest BCUT2D eigenvalue weighted by molar-refractivity contribution is 0.162. The fourth-order valence-corrected chi connectivity index (χ4v) is 1.59. The quantitative estimate of drug-likeness (QED) is 0.830. The van der Waals surface area contributed by atoms with Crippen molar-refractivity contribution in [3.05, 3.63) is 11.9 Å². The fraction of sp³-hybridized carbons (Fsp3) is 0.727. The summed E-state index contributed by atoms with van der Waals surface area (Å²) in [5.74, 6) is 0.766. The van der Waals surface area contributed by atoms with Gasteiger partial charge in [-0.2, -0.15) is 5.10 Å². The van der Waals surface area contributed by atoms with Crippen molar-refractivity contribution in [3.63, 3.8) is 0 Å². The molecule has 0 saturated heterocycles. The molecule has 0 radical (unpaired) electrons. The molecule has 0 spiro atoms. The molecular weight excluding hydrogens is 192 g/mol. The Bertz CT molecular complexity index is 318. The number of hydrogen-bond donors (Lipinski definition) is 1. The minimum Gasteiger partial charge on any atom is -0.493 e. The number of rotatable bonds is 4. The summed E-state index contributed by atoms with van der Waals surface area (Å²) in [7, 11) is 1.62. The highest BCUT2D eigenvalue weighted by Crippen LogP contribution is 2.30. The first kappa shape index (κ1) is 12.0. The van der Waals surface area contributed by atoms with E-state index in [1.165, 1.54) is 0 Å². The Morgan fingerprint density at radius 1 is 1.33 bits per heavy atom. The molecule has 15 heavy (non-hydrogen) atoms. The lowest BCUT2D eigenvalue weighted by Gasteiger charge is -2.19.